The first-order valence-electron chi connectivity index (χ1n) is 5.97. The molecule has 2 unspecified atom stereocenters. The molecule has 0 aromatic heterocycles. The summed E-state index contributed by atoms with van der Waals surface area (Å²) < 4.78 is 0. The van der Waals surface area contributed by atoms with Crippen molar-refractivity contribution in [1.82, 2.24) is 5.32 Å². The predicted molar refractivity (Wildman–Crippen MR) is 62.7 cm³/mol. The summed E-state index contributed by atoms with van der Waals surface area (Å²) in [7, 11) is 0. The largest absolute Gasteiger partial charge is 0.396 e. The maximum atomic E-state index is 9.47. The second kappa shape index (κ2) is 10.4. The maximum Gasteiger partial charge on any atom is 0.0553 e. The topological polar surface area (TPSA) is 78.5 Å². The molecule has 0 bridgehead atoms. The number of nitrogens with two attached hydrogens (primary N) is 1. The number of unbranched alkanes of at least 4 members (excludes halogenated alkanes) is 2. The molecule has 4 heteroatoms. The Morgan fingerprint density at radius 3 is 2.53 bits per heavy atom. The molecule has 15 heavy (non-hydrogen) atoms. The molecule has 0 saturated heterocycles. The minimum absolute atomic E-state index is 0.217. The highest BCUT2D eigenvalue weighted by Gasteiger charge is 2.10. The summed E-state index contributed by atoms with van der Waals surface area (Å²) in [4.78, 5) is 0. The van der Waals surface area contributed by atoms with Crippen LogP contribution >= 0.6 is 0 Å². The molecule has 0 rings (SSSR count). The average Bonchev–Trinajstić information content (AvgIpc) is 2.26. The third-order valence-electron chi connectivity index (χ3n) is 2.58. The van der Waals surface area contributed by atoms with E-state index in [1.807, 2.05) is 6.92 Å². The maximum absolute atomic E-state index is 9.47. The van der Waals surface area contributed by atoms with E-state index in [1.54, 1.807) is 0 Å². The quantitative estimate of drug-likeness (QED) is 0.396. The van der Waals surface area contributed by atoms with Gasteiger partial charge in [0.25, 0.3) is 0 Å². The van der Waals surface area contributed by atoms with Gasteiger partial charge in [0.2, 0.25) is 0 Å². The molecule has 0 radical (unpaired) electrons. The monoisotopic (exact) mass is 218 g/mol. The smallest absolute Gasteiger partial charge is 0.0553 e. The van der Waals surface area contributed by atoms with Crippen molar-refractivity contribution in [2.75, 3.05) is 19.7 Å². The van der Waals surface area contributed by atoms with Crippen LogP contribution in [0.4, 0.5) is 0 Å². The zero-order valence-corrected chi connectivity index (χ0v) is 9.78. The second-order valence-corrected chi connectivity index (χ2v) is 3.97. The zero-order chi connectivity index (χ0) is 11.5. The van der Waals surface area contributed by atoms with Crippen LogP contribution in [0.15, 0.2) is 0 Å². The van der Waals surface area contributed by atoms with Gasteiger partial charge in [-0.2, -0.15) is 0 Å². The standard InChI is InChI=1S/C11H26N2O2/c1-2-11(15)8-10(9-12)13-6-4-3-5-7-14/h10-11,13-15H,2-9,12H2,1H3. The number of nitrogens with one attached hydrogen (secondary N) is 1. The third-order valence-corrected chi connectivity index (χ3v) is 2.58. The van der Waals surface area contributed by atoms with Crippen LogP contribution in [0.1, 0.15) is 39.0 Å². The van der Waals surface area contributed by atoms with E-state index in [4.69, 9.17) is 10.8 Å². The van der Waals surface area contributed by atoms with E-state index < -0.39 is 0 Å². The van der Waals surface area contributed by atoms with Crippen LogP contribution in [0.3, 0.4) is 0 Å². The van der Waals surface area contributed by atoms with Gasteiger partial charge in [0.15, 0.2) is 0 Å². The Morgan fingerprint density at radius 1 is 1.27 bits per heavy atom. The van der Waals surface area contributed by atoms with Gasteiger partial charge in [-0.05, 0) is 38.6 Å². The van der Waals surface area contributed by atoms with Crippen LogP contribution in [0.2, 0.25) is 0 Å². The van der Waals surface area contributed by atoms with Gasteiger partial charge < -0.3 is 21.3 Å². The van der Waals surface area contributed by atoms with Gasteiger partial charge in [-0.15, -0.1) is 0 Å². The first kappa shape index (κ1) is 14.8. The van der Waals surface area contributed by atoms with Crippen molar-refractivity contribution in [3.8, 4) is 0 Å². The molecule has 4 nitrogen and oxygen atoms in total. The van der Waals surface area contributed by atoms with E-state index in [1.165, 1.54) is 0 Å². The summed E-state index contributed by atoms with van der Waals surface area (Å²) in [5, 5.41) is 21.4. The third kappa shape index (κ3) is 8.81. The molecule has 0 aromatic rings. The van der Waals surface area contributed by atoms with Gasteiger partial charge in [-0.1, -0.05) is 6.92 Å². The molecule has 0 aliphatic rings. The Bertz CT molecular complexity index is 134. The minimum atomic E-state index is -0.247. The van der Waals surface area contributed by atoms with E-state index in [2.05, 4.69) is 5.32 Å². The Labute approximate surface area is 92.9 Å². The lowest BCUT2D eigenvalue weighted by molar-refractivity contribution is 0.146. The van der Waals surface area contributed by atoms with Gasteiger partial charge in [-0.3, -0.25) is 0 Å². The molecule has 0 aliphatic carbocycles. The molecule has 92 valence electrons. The molecule has 0 saturated carbocycles. The highest BCUT2D eigenvalue weighted by molar-refractivity contribution is 4.71. The summed E-state index contributed by atoms with van der Waals surface area (Å²) in [6, 6.07) is 0.217. The number of hydrogen-bond donors (Lipinski definition) is 4. The summed E-state index contributed by atoms with van der Waals surface area (Å²) in [5.74, 6) is 0. The lowest BCUT2D eigenvalue weighted by atomic mass is 10.1. The molecule has 0 fully saturated rings. The van der Waals surface area contributed by atoms with E-state index in [9.17, 15) is 5.11 Å². The molecule has 0 aromatic carbocycles. The lowest BCUT2D eigenvalue weighted by Crippen LogP contribution is -2.39. The van der Waals surface area contributed by atoms with Gasteiger partial charge in [-0.25, -0.2) is 0 Å². The Hall–Kier alpha value is -0.160. The Morgan fingerprint density at radius 2 is 2.00 bits per heavy atom. The van der Waals surface area contributed by atoms with E-state index in [0.29, 0.717) is 6.54 Å². The highest BCUT2D eigenvalue weighted by atomic mass is 16.3. The highest BCUT2D eigenvalue weighted by Crippen LogP contribution is 2.01. The van der Waals surface area contributed by atoms with Crippen molar-refractivity contribution in [3.63, 3.8) is 0 Å². The fraction of sp³-hybridized carbons (Fsp3) is 1.00. The minimum Gasteiger partial charge on any atom is -0.396 e. The molecular formula is C11H26N2O2. The van der Waals surface area contributed by atoms with E-state index >= 15 is 0 Å². The SMILES string of the molecule is CCC(O)CC(CN)NCCCCCO. The van der Waals surface area contributed by atoms with Crippen LogP contribution in [0.25, 0.3) is 0 Å². The van der Waals surface area contributed by atoms with Crippen molar-refractivity contribution in [2.45, 2.75) is 51.2 Å². The van der Waals surface area contributed by atoms with Gasteiger partial charge >= 0.3 is 0 Å². The van der Waals surface area contributed by atoms with Gasteiger partial charge in [0.05, 0.1) is 6.10 Å². The number of aliphatic hydroxyl groups is 2. The summed E-state index contributed by atoms with van der Waals surface area (Å²) in [6.45, 7) is 3.73. The predicted octanol–water partition coefficient (Wildman–Crippen LogP) is 0.227. The van der Waals surface area contributed by atoms with Crippen LogP contribution in [0.5, 0.6) is 0 Å². The van der Waals surface area contributed by atoms with Crippen molar-refractivity contribution >= 4 is 0 Å². The molecule has 0 heterocycles. The average molecular weight is 218 g/mol. The first-order chi connectivity index (χ1) is 7.24. The lowest BCUT2D eigenvalue weighted by Gasteiger charge is -2.19. The Kier molecular flexibility index (Phi) is 10.3. The van der Waals surface area contributed by atoms with Crippen molar-refractivity contribution < 1.29 is 10.2 Å². The fourth-order valence-corrected chi connectivity index (χ4v) is 1.48. The number of rotatable bonds is 10. The van der Waals surface area contributed by atoms with Crippen LogP contribution < -0.4 is 11.1 Å². The zero-order valence-electron chi connectivity index (χ0n) is 9.78. The van der Waals surface area contributed by atoms with E-state index in [-0.39, 0.29) is 18.8 Å². The van der Waals surface area contributed by atoms with Crippen LogP contribution in [-0.4, -0.2) is 42.1 Å². The van der Waals surface area contributed by atoms with Gasteiger partial charge in [0, 0.05) is 19.2 Å². The molecule has 5 N–H and O–H groups in total. The van der Waals surface area contributed by atoms with Crippen molar-refractivity contribution in [3.05, 3.63) is 0 Å². The molecule has 0 aliphatic heterocycles. The molecular weight excluding hydrogens is 192 g/mol. The fourth-order valence-electron chi connectivity index (χ4n) is 1.48. The molecule has 0 spiro atoms. The number of hydrogen-bond acceptors (Lipinski definition) is 4. The second-order valence-electron chi connectivity index (χ2n) is 3.97. The van der Waals surface area contributed by atoms with Crippen LogP contribution in [-0.2, 0) is 0 Å². The summed E-state index contributed by atoms with van der Waals surface area (Å²) >= 11 is 0. The molecule has 0 amide bonds. The number of aliphatic hydroxyl groups excluding tert-OH is 2. The van der Waals surface area contributed by atoms with E-state index in [0.717, 1.165) is 38.6 Å². The normalized spacial score (nSPS) is 15.2. The van der Waals surface area contributed by atoms with Gasteiger partial charge in [0.1, 0.15) is 0 Å². The van der Waals surface area contributed by atoms with Crippen molar-refractivity contribution in [1.29, 1.82) is 0 Å². The van der Waals surface area contributed by atoms with Crippen LogP contribution in [0, 0.1) is 0 Å². The summed E-state index contributed by atoms with van der Waals surface area (Å²) in [6.07, 6.45) is 4.22. The molecule has 2 atom stereocenters. The first-order valence-corrected chi connectivity index (χ1v) is 5.97. The van der Waals surface area contributed by atoms with Crippen molar-refractivity contribution in [2.24, 2.45) is 5.73 Å². The Balaban J connectivity index is 3.44. The summed E-state index contributed by atoms with van der Waals surface area (Å²) in [5.41, 5.74) is 5.60.